The Morgan fingerprint density at radius 2 is 1.87 bits per heavy atom. The van der Waals surface area contributed by atoms with Gasteiger partial charge in [-0.2, -0.15) is 0 Å². The predicted molar refractivity (Wildman–Crippen MR) is 117 cm³/mol. The number of phenols is 1. The molecule has 0 unspecified atom stereocenters. The SMILES string of the molecule is COC(=O)c1cccc(Nc2c(-c3ccc(O)c(OC)c3)nc3nc(C)cc(C)n23)c1. The number of aryl methyl sites for hydroxylation is 2. The van der Waals surface area contributed by atoms with Crippen LogP contribution >= 0.6 is 0 Å². The topological polar surface area (TPSA) is 98.0 Å². The van der Waals surface area contributed by atoms with E-state index in [0.717, 1.165) is 17.0 Å². The van der Waals surface area contributed by atoms with Gasteiger partial charge in [-0.25, -0.2) is 14.8 Å². The maximum Gasteiger partial charge on any atom is 0.337 e. The first-order valence-electron chi connectivity index (χ1n) is 9.60. The lowest BCUT2D eigenvalue weighted by Gasteiger charge is -2.12. The molecule has 2 heterocycles. The van der Waals surface area contributed by atoms with Crippen LogP contribution in [0.3, 0.4) is 0 Å². The highest BCUT2D eigenvalue weighted by Gasteiger charge is 2.19. The van der Waals surface area contributed by atoms with E-state index >= 15 is 0 Å². The van der Waals surface area contributed by atoms with E-state index in [2.05, 4.69) is 10.3 Å². The summed E-state index contributed by atoms with van der Waals surface area (Å²) in [5.74, 6) is 1.18. The summed E-state index contributed by atoms with van der Waals surface area (Å²) in [6.45, 7) is 3.89. The number of imidazole rings is 1. The minimum atomic E-state index is -0.418. The van der Waals surface area contributed by atoms with Gasteiger partial charge in [0.15, 0.2) is 11.5 Å². The van der Waals surface area contributed by atoms with Gasteiger partial charge in [0.2, 0.25) is 5.78 Å². The number of rotatable bonds is 5. The standard InChI is InChI=1S/C23H22N4O4/c1-13-10-14(2)27-21(25-17-7-5-6-16(11-17)22(29)31-4)20(26-23(27)24-13)15-8-9-18(28)19(12-15)30-3/h5-12,25,28H,1-4H3. The van der Waals surface area contributed by atoms with E-state index in [4.69, 9.17) is 14.5 Å². The molecule has 8 heteroatoms. The van der Waals surface area contributed by atoms with Gasteiger partial charge in [-0.1, -0.05) is 6.07 Å². The van der Waals surface area contributed by atoms with Gasteiger partial charge in [-0.15, -0.1) is 0 Å². The summed E-state index contributed by atoms with van der Waals surface area (Å²) in [6.07, 6.45) is 0. The van der Waals surface area contributed by atoms with Crippen molar-refractivity contribution in [2.75, 3.05) is 19.5 Å². The Morgan fingerprint density at radius 1 is 1.06 bits per heavy atom. The Labute approximate surface area is 179 Å². The van der Waals surface area contributed by atoms with E-state index in [1.165, 1.54) is 14.2 Å². The second-order valence-corrected chi connectivity index (χ2v) is 7.07. The molecule has 0 atom stereocenters. The van der Waals surface area contributed by atoms with Gasteiger partial charge in [0.25, 0.3) is 0 Å². The Morgan fingerprint density at radius 3 is 2.61 bits per heavy atom. The van der Waals surface area contributed by atoms with Gasteiger partial charge in [0, 0.05) is 22.6 Å². The molecule has 0 amide bonds. The van der Waals surface area contributed by atoms with Crippen LogP contribution in [-0.4, -0.2) is 39.7 Å². The molecule has 4 aromatic rings. The molecule has 0 radical (unpaired) electrons. The van der Waals surface area contributed by atoms with Crippen LogP contribution in [0.4, 0.5) is 11.5 Å². The zero-order valence-corrected chi connectivity index (χ0v) is 17.6. The first-order valence-corrected chi connectivity index (χ1v) is 9.60. The average molecular weight is 418 g/mol. The van der Waals surface area contributed by atoms with E-state index in [0.29, 0.717) is 34.3 Å². The van der Waals surface area contributed by atoms with Gasteiger partial charge >= 0.3 is 5.97 Å². The predicted octanol–water partition coefficient (Wildman–Crippen LogP) is 4.26. The van der Waals surface area contributed by atoms with Crippen molar-refractivity contribution in [2.24, 2.45) is 0 Å². The second-order valence-electron chi connectivity index (χ2n) is 7.07. The number of aromatic nitrogens is 3. The van der Waals surface area contributed by atoms with Crippen LogP contribution in [0.1, 0.15) is 21.7 Å². The van der Waals surface area contributed by atoms with Crippen LogP contribution in [0.15, 0.2) is 48.5 Å². The summed E-state index contributed by atoms with van der Waals surface area (Å²) in [7, 11) is 2.84. The highest BCUT2D eigenvalue weighted by molar-refractivity contribution is 5.91. The highest BCUT2D eigenvalue weighted by atomic mass is 16.5. The van der Waals surface area contributed by atoms with Gasteiger partial charge in [0.1, 0.15) is 11.5 Å². The van der Waals surface area contributed by atoms with Gasteiger partial charge in [-0.05, 0) is 56.3 Å². The smallest absolute Gasteiger partial charge is 0.337 e. The summed E-state index contributed by atoms with van der Waals surface area (Å²) < 4.78 is 12.0. The lowest BCUT2D eigenvalue weighted by Crippen LogP contribution is -2.04. The molecule has 0 saturated carbocycles. The molecule has 0 aliphatic heterocycles. The average Bonchev–Trinajstić information content (AvgIpc) is 3.11. The number of hydrogen-bond donors (Lipinski definition) is 2. The van der Waals surface area contributed by atoms with Crippen LogP contribution in [0.25, 0.3) is 17.0 Å². The van der Waals surface area contributed by atoms with Crippen molar-refractivity contribution in [3.05, 3.63) is 65.5 Å². The molecule has 0 saturated heterocycles. The number of methoxy groups -OCH3 is 2. The molecular weight excluding hydrogens is 396 g/mol. The fourth-order valence-electron chi connectivity index (χ4n) is 3.49. The van der Waals surface area contributed by atoms with E-state index in [9.17, 15) is 9.90 Å². The van der Waals surface area contributed by atoms with Crippen molar-refractivity contribution in [3.8, 4) is 22.8 Å². The fraction of sp³-hybridized carbons (Fsp3) is 0.174. The number of anilines is 2. The Kier molecular flexibility index (Phi) is 5.21. The monoisotopic (exact) mass is 418 g/mol. The fourth-order valence-corrected chi connectivity index (χ4v) is 3.49. The van der Waals surface area contributed by atoms with Crippen LogP contribution in [0.2, 0.25) is 0 Å². The molecular formula is C23H22N4O4. The summed E-state index contributed by atoms with van der Waals surface area (Å²) in [6, 6.07) is 14.0. The number of aromatic hydroxyl groups is 1. The molecule has 2 N–H and O–H groups in total. The quantitative estimate of drug-likeness (QED) is 0.467. The van der Waals surface area contributed by atoms with Gasteiger partial charge in [0.05, 0.1) is 19.8 Å². The Hall–Kier alpha value is -4.07. The molecule has 0 aliphatic rings. The lowest BCUT2D eigenvalue weighted by molar-refractivity contribution is 0.0601. The minimum absolute atomic E-state index is 0.0421. The molecule has 0 fully saturated rings. The van der Waals surface area contributed by atoms with Gasteiger partial charge < -0.3 is 19.9 Å². The molecule has 2 aromatic carbocycles. The molecule has 0 bridgehead atoms. The van der Waals surface area contributed by atoms with E-state index < -0.39 is 5.97 Å². The molecule has 31 heavy (non-hydrogen) atoms. The molecule has 0 spiro atoms. The van der Waals surface area contributed by atoms with E-state index in [1.807, 2.05) is 30.4 Å². The highest BCUT2D eigenvalue weighted by Crippen LogP contribution is 2.36. The number of esters is 1. The van der Waals surface area contributed by atoms with Crippen molar-refractivity contribution in [1.29, 1.82) is 0 Å². The lowest BCUT2D eigenvalue weighted by atomic mass is 10.1. The third-order valence-corrected chi connectivity index (χ3v) is 4.91. The largest absolute Gasteiger partial charge is 0.504 e. The first-order chi connectivity index (χ1) is 14.9. The van der Waals surface area contributed by atoms with Crippen molar-refractivity contribution in [1.82, 2.24) is 14.4 Å². The number of fused-ring (bicyclic) bond motifs is 1. The van der Waals surface area contributed by atoms with E-state index in [1.54, 1.807) is 36.4 Å². The third-order valence-electron chi connectivity index (χ3n) is 4.91. The minimum Gasteiger partial charge on any atom is -0.504 e. The van der Waals surface area contributed by atoms with Crippen LogP contribution < -0.4 is 10.1 Å². The number of nitrogens with one attached hydrogen (secondary N) is 1. The van der Waals surface area contributed by atoms with Crippen molar-refractivity contribution in [3.63, 3.8) is 0 Å². The molecule has 0 aliphatic carbocycles. The molecule has 4 rings (SSSR count). The van der Waals surface area contributed by atoms with E-state index in [-0.39, 0.29) is 5.75 Å². The maximum atomic E-state index is 11.9. The summed E-state index contributed by atoms with van der Waals surface area (Å²) >= 11 is 0. The zero-order chi connectivity index (χ0) is 22.1. The van der Waals surface area contributed by atoms with Gasteiger partial charge in [-0.3, -0.25) is 4.40 Å². The van der Waals surface area contributed by atoms with Crippen molar-refractivity contribution >= 4 is 23.3 Å². The summed E-state index contributed by atoms with van der Waals surface area (Å²) in [4.78, 5) is 21.2. The first kappa shape index (κ1) is 20.2. The number of carbonyl (C=O) groups is 1. The number of ether oxygens (including phenoxy) is 2. The van der Waals surface area contributed by atoms with Crippen LogP contribution in [0.5, 0.6) is 11.5 Å². The van der Waals surface area contributed by atoms with Crippen molar-refractivity contribution < 1.29 is 19.4 Å². The molecule has 8 nitrogen and oxygen atoms in total. The van der Waals surface area contributed by atoms with Crippen LogP contribution in [0, 0.1) is 13.8 Å². The molecule has 158 valence electrons. The summed E-state index contributed by atoms with van der Waals surface area (Å²) in [5, 5.41) is 13.4. The normalized spacial score (nSPS) is 10.8. The number of nitrogens with zero attached hydrogens (tertiary/aromatic N) is 3. The Balaban J connectivity index is 1.91. The zero-order valence-electron chi connectivity index (χ0n) is 17.6. The number of hydrogen-bond acceptors (Lipinski definition) is 7. The number of phenolic OH excluding ortho intramolecular Hbond substituents is 1. The second kappa shape index (κ2) is 7.98. The van der Waals surface area contributed by atoms with Crippen molar-refractivity contribution in [2.45, 2.75) is 13.8 Å². The number of benzene rings is 2. The molecule has 2 aromatic heterocycles. The Bertz CT molecular complexity index is 1300. The summed E-state index contributed by atoms with van der Waals surface area (Å²) in [5.41, 5.74) is 4.28. The third kappa shape index (κ3) is 3.75. The van der Waals surface area contributed by atoms with Crippen LogP contribution in [-0.2, 0) is 4.74 Å². The number of carbonyl (C=O) groups excluding carboxylic acids is 1. The maximum absolute atomic E-state index is 11.9.